The van der Waals surface area contributed by atoms with Crippen molar-refractivity contribution in [1.82, 2.24) is 14.8 Å². The molecule has 2 fully saturated rings. The fraction of sp³-hybridized carbons (Fsp3) is 0.524. The van der Waals surface area contributed by atoms with Crippen LogP contribution >= 0.6 is 0 Å². The predicted molar refractivity (Wildman–Crippen MR) is 104 cm³/mol. The smallest absolute Gasteiger partial charge is 0.272 e. The molecule has 4 rings (SSSR count). The van der Waals surface area contributed by atoms with Gasteiger partial charge in [0.1, 0.15) is 11.4 Å². The highest BCUT2D eigenvalue weighted by Crippen LogP contribution is 2.29. The van der Waals surface area contributed by atoms with Crippen LogP contribution < -0.4 is 4.74 Å². The molecule has 0 unspecified atom stereocenters. The molecule has 1 amide bonds. The van der Waals surface area contributed by atoms with Crippen LogP contribution in [-0.2, 0) is 0 Å². The summed E-state index contributed by atoms with van der Waals surface area (Å²) >= 11 is 0. The number of pyridine rings is 1. The molecular formula is C21H27N3O3. The van der Waals surface area contributed by atoms with Crippen LogP contribution in [0.25, 0.3) is 10.9 Å². The third-order valence-electron chi connectivity index (χ3n) is 5.91. The quantitative estimate of drug-likeness (QED) is 0.873. The molecule has 3 heterocycles. The van der Waals surface area contributed by atoms with Crippen molar-refractivity contribution in [2.75, 3.05) is 46.4 Å². The van der Waals surface area contributed by atoms with Gasteiger partial charge in [0.2, 0.25) is 0 Å². The number of hydrogen-bond donors (Lipinski definition) is 1. The van der Waals surface area contributed by atoms with E-state index in [4.69, 9.17) is 4.74 Å². The van der Waals surface area contributed by atoms with Gasteiger partial charge in [-0.2, -0.15) is 0 Å². The van der Waals surface area contributed by atoms with Crippen molar-refractivity contribution < 1.29 is 14.6 Å². The first kappa shape index (κ1) is 18.2. The Hall–Kier alpha value is -2.18. The second kappa shape index (κ2) is 7.82. The van der Waals surface area contributed by atoms with E-state index < -0.39 is 0 Å². The van der Waals surface area contributed by atoms with Gasteiger partial charge in [0.25, 0.3) is 5.91 Å². The van der Waals surface area contributed by atoms with Crippen LogP contribution in [0.1, 0.15) is 23.3 Å². The minimum absolute atomic E-state index is 0.0820. The molecule has 0 aliphatic carbocycles. The first-order valence-corrected chi connectivity index (χ1v) is 9.76. The average Bonchev–Trinajstić information content (AvgIpc) is 3.36. The molecule has 0 spiro atoms. The Morgan fingerprint density at radius 3 is 2.70 bits per heavy atom. The van der Waals surface area contributed by atoms with Crippen LogP contribution in [0.15, 0.2) is 30.3 Å². The van der Waals surface area contributed by atoms with Gasteiger partial charge >= 0.3 is 0 Å². The Morgan fingerprint density at radius 1 is 1.22 bits per heavy atom. The van der Waals surface area contributed by atoms with Crippen LogP contribution in [0.3, 0.4) is 0 Å². The number of carbonyl (C=O) groups is 1. The van der Waals surface area contributed by atoms with Crippen LogP contribution in [0.4, 0.5) is 0 Å². The fourth-order valence-corrected chi connectivity index (χ4v) is 4.40. The molecule has 2 saturated heterocycles. The van der Waals surface area contributed by atoms with Gasteiger partial charge in [-0.25, -0.2) is 4.98 Å². The number of likely N-dealkylation sites (tertiary alicyclic amines) is 2. The van der Waals surface area contributed by atoms with Gasteiger partial charge in [0.05, 0.1) is 12.6 Å². The van der Waals surface area contributed by atoms with E-state index in [1.54, 1.807) is 13.2 Å². The van der Waals surface area contributed by atoms with Crippen molar-refractivity contribution in [1.29, 1.82) is 0 Å². The number of carbonyl (C=O) groups excluding carboxylic acids is 1. The minimum Gasteiger partial charge on any atom is -0.496 e. The average molecular weight is 369 g/mol. The Bertz CT molecular complexity index is 819. The highest BCUT2D eigenvalue weighted by molar-refractivity contribution is 5.97. The topological polar surface area (TPSA) is 65.9 Å². The van der Waals surface area contributed by atoms with E-state index in [9.17, 15) is 9.90 Å². The molecule has 2 aliphatic heterocycles. The zero-order valence-electron chi connectivity index (χ0n) is 15.8. The van der Waals surface area contributed by atoms with Gasteiger partial charge < -0.3 is 19.6 Å². The van der Waals surface area contributed by atoms with Gasteiger partial charge in [-0.1, -0.05) is 12.1 Å². The summed E-state index contributed by atoms with van der Waals surface area (Å²) in [6, 6.07) is 9.41. The van der Waals surface area contributed by atoms with Crippen LogP contribution in [-0.4, -0.2) is 72.2 Å². The molecule has 0 bridgehead atoms. The number of benzene rings is 1. The number of ether oxygens (including phenoxy) is 1. The van der Waals surface area contributed by atoms with Gasteiger partial charge in [0, 0.05) is 43.6 Å². The van der Waals surface area contributed by atoms with Gasteiger partial charge in [-0.15, -0.1) is 0 Å². The van der Waals surface area contributed by atoms with E-state index in [0.717, 1.165) is 30.5 Å². The normalized spacial score (nSPS) is 23.3. The molecule has 2 aliphatic rings. The molecule has 1 N–H and O–H groups in total. The van der Waals surface area contributed by atoms with E-state index in [-0.39, 0.29) is 18.4 Å². The Labute approximate surface area is 159 Å². The number of nitrogens with zero attached hydrogens (tertiary/aromatic N) is 3. The standard InChI is InChI=1S/C21H27N3O3/c1-27-20-10-19(22-18-7-3-2-6-17(18)20)21(26)24-12-15(16(13-24)14-25)11-23-8-4-5-9-23/h2-3,6-7,10,15-16,25H,4-5,8-9,11-14H2,1H3/t15-,16-/m1/s1. The first-order chi connectivity index (χ1) is 13.2. The minimum atomic E-state index is -0.0820. The second-order valence-electron chi connectivity index (χ2n) is 7.65. The van der Waals surface area contributed by atoms with E-state index in [2.05, 4.69) is 9.88 Å². The summed E-state index contributed by atoms with van der Waals surface area (Å²) in [6.07, 6.45) is 2.50. The second-order valence-corrected chi connectivity index (χ2v) is 7.65. The predicted octanol–water partition coefficient (Wildman–Crippen LogP) is 2.02. The number of aromatic nitrogens is 1. The van der Waals surface area contributed by atoms with E-state index in [1.807, 2.05) is 29.2 Å². The molecule has 0 saturated carbocycles. The largest absolute Gasteiger partial charge is 0.496 e. The third kappa shape index (κ3) is 3.64. The maximum Gasteiger partial charge on any atom is 0.272 e. The molecule has 2 atom stereocenters. The molecule has 6 nitrogen and oxygen atoms in total. The number of hydrogen-bond acceptors (Lipinski definition) is 5. The molecule has 6 heteroatoms. The summed E-state index contributed by atoms with van der Waals surface area (Å²) in [6.45, 7) is 4.61. The number of rotatable bonds is 5. The maximum atomic E-state index is 13.1. The molecule has 0 radical (unpaired) electrons. The van der Waals surface area contributed by atoms with E-state index >= 15 is 0 Å². The first-order valence-electron chi connectivity index (χ1n) is 9.76. The summed E-state index contributed by atoms with van der Waals surface area (Å²) < 4.78 is 5.48. The van der Waals surface area contributed by atoms with Gasteiger partial charge in [0.15, 0.2) is 0 Å². The van der Waals surface area contributed by atoms with E-state index in [0.29, 0.717) is 30.5 Å². The number of aliphatic hydroxyl groups excluding tert-OH is 1. The number of para-hydroxylation sites is 1. The Balaban J connectivity index is 1.54. The van der Waals surface area contributed by atoms with Crippen molar-refractivity contribution >= 4 is 16.8 Å². The molecule has 1 aromatic heterocycles. The Morgan fingerprint density at radius 2 is 1.96 bits per heavy atom. The summed E-state index contributed by atoms with van der Waals surface area (Å²) in [5.74, 6) is 1.04. The van der Waals surface area contributed by atoms with Crippen molar-refractivity contribution in [3.8, 4) is 5.75 Å². The van der Waals surface area contributed by atoms with Crippen LogP contribution in [0.5, 0.6) is 5.75 Å². The summed E-state index contributed by atoms with van der Waals surface area (Å²) in [7, 11) is 1.61. The SMILES string of the molecule is COc1cc(C(=O)N2C[C@@H](CN3CCCC3)[C@@H](CO)C2)nc2ccccc12. The van der Waals surface area contributed by atoms with Crippen molar-refractivity contribution in [2.45, 2.75) is 12.8 Å². The lowest BCUT2D eigenvalue weighted by atomic mass is 9.96. The van der Waals surface area contributed by atoms with Gasteiger partial charge in [-0.05, 0) is 44.0 Å². The highest BCUT2D eigenvalue weighted by Gasteiger charge is 2.37. The zero-order valence-corrected chi connectivity index (χ0v) is 15.8. The summed E-state index contributed by atoms with van der Waals surface area (Å²) in [5, 5.41) is 10.7. The highest BCUT2D eigenvalue weighted by atomic mass is 16.5. The molecule has 2 aromatic rings. The number of aliphatic hydroxyl groups is 1. The lowest BCUT2D eigenvalue weighted by Gasteiger charge is -2.22. The molecule has 1 aromatic carbocycles. The van der Waals surface area contributed by atoms with E-state index in [1.165, 1.54) is 12.8 Å². The summed E-state index contributed by atoms with van der Waals surface area (Å²) in [5.41, 5.74) is 1.16. The number of methoxy groups -OCH3 is 1. The third-order valence-corrected chi connectivity index (χ3v) is 5.91. The number of fused-ring (bicyclic) bond motifs is 1. The maximum absolute atomic E-state index is 13.1. The zero-order chi connectivity index (χ0) is 18.8. The summed E-state index contributed by atoms with van der Waals surface area (Å²) in [4.78, 5) is 22.0. The van der Waals surface area contributed by atoms with Crippen molar-refractivity contribution in [3.05, 3.63) is 36.0 Å². The van der Waals surface area contributed by atoms with Gasteiger partial charge in [-0.3, -0.25) is 4.79 Å². The molecule has 144 valence electrons. The van der Waals surface area contributed by atoms with Crippen LogP contribution in [0, 0.1) is 11.8 Å². The van der Waals surface area contributed by atoms with Crippen LogP contribution in [0.2, 0.25) is 0 Å². The Kier molecular flexibility index (Phi) is 5.27. The lowest BCUT2D eigenvalue weighted by molar-refractivity contribution is 0.0773. The van der Waals surface area contributed by atoms with Crippen molar-refractivity contribution in [2.24, 2.45) is 11.8 Å². The lowest BCUT2D eigenvalue weighted by Crippen LogP contribution is -2.33. The molecule has 27 heavy (non-hydrogen) atoms. The fourth-order valence-electron chi connectivity index (χ4n) is 4.40. The number of amides is 1. The van der Waals surface area contributed by atoms with Crippen molar-refractivity contribution in [3.63, 3.8) is 0 Å². The monoisotopic (exact) mass is 369 g/mol. The molecular weight excluding hydrogens is 342 g/mol.